The van der Waals surface area contributed by atoms with Crippen molar-refractivity contribution in [3.05, 3.63) is 59.2 Å². The Morgan fingerprint density at radius 1 is 1.04 bits per heavy atom. The van der Waals surface area contributed by atoms with Gasteiger partial charge in [-0.2, -0.15) is 0 Å². The molecule has 0 radical (unpaired) electrons. The highest BCUT2D eigenvalue weighted by molar-refractivity contribution is 5.94. The maximum Gasteiger partial charge on any atom is 0.254 e. The van der Waals surface area contributed by atoms with Gasteiger partial charge in [-0.15, -0.1) is 0 Å². The Morgan fingerprint density at radius 2 is 1.77 bits per heavy atom. The summed E-state index contributed by atoms with van der Waals surface area (Å²) in [5.41, 5.74) is 0.645. The molecule has 1 amide bonds. The number of amides is 1. The molecule has 2 aromatic rings. The standard InChI is InChI=1S/C20H21F2NO3/c1-12(2)19(23-20(24)15-6-5-14(21)11-16(15)22)13-4-7-17-18(10-13)26-9-3-8-25-17/h4-7,10-12,19H,3,8-9H2,1-2H3,(H,23,24)/t19-/m1/s1. The molecule has 0 spiro atoms. The maximum absolute atomic E-state index is 13.9. The zero-order valence-electron chi connectivity index (χ0n) is 14.7. The number of nitrogens with one attached hydrogen (secondary N) is 1. The van der Waals surface area contributed by atoms with E-state index >= 15 is 0 Å². The van der Waals surface area contributed by atoms with Crippen LogP contribution < -0.4 is 14.8 Å². The predicted molar refractivity (Wildman–Crippen MR) is 93.5 cm³/mol. The molecule has 0 fully saturated rings. The van der Waals surface area contributed by atoms with Gasteiger partial charge in [-0.05, 0) is 35.7 Å². The molecule has 4 nitrogen and oxygen atoms in total. The van der Waals surface area contributed by atoms with Crippen LogP contribution in [0, 0.1) is 17.6 Å². The number of rotatable bonds is 4. The Balaban J connectivity index is 1.85. The summed E-state index contributed by atoms with van der Waals surface area (Å²) in [4.78, 5) is 12.5. The van der Waals surface area contributed by atoms with Gasteiger partial charge in [0.05, 0.1) is 24.8 Å². The van der Waals surface area contributed by atoms with Crippen molar-refractivity contribution in [2.75, 3.05) is 13.2 Å². The minimum Gasteiger partial charge on any atom is -0.490 e. The number of carbonyl (C=O) groups is 1. The van der Waals surface area contributed by atoms with Crippen molar-refractivity contribution in [2.24, 2.45) is 5.92 Å². The second-order valence-electron chi connectivity index (χ2n) is 6.58. The molecule has 138 valence electrons. The number of ether oxygens (including phenoxy) is 2. The third-order valence-electron chi connectivity index (χ3n) is 4.26. The highest BCUT2D eigenvalue weighted by Crippen LogP contribution is 2.34. The van der Waals surface area contributed by atoms with Crippen molar-refractivity contribution in [2.45, 2.75) is 26.3 Å². The zero-order valence-corrected chi connectivity index (χ0v) is 14.7. The number of hydrogen-bond donors (Lipinski definition) is 1. The van der Waals surface area contributed by atoms with Crippen LogP contribution in [0.3, 0.4) is 0 Å². The average molecular weight is 361 g/mol. The molecule has 0 aromatic heterocycles. The third-order valence-corrected chi connectivity index (χ3v) is 4.26. The molecule has 0 unspecified atom stereocenters. The van der Waals surface area contributed by atoms with Crippen LogP contribution in [0.4, 0.5) is 8.78 Å². The molecule has 0 bridgehead atoms. The van der Waals surface area contributed by atoms with Crippen molar-refractivity contribution in [1.29, 1.82) is 0 Å². The van der Waals surface area contributed by atoms with Gasteiger partial charge in [0, 0.05) is 12.5 Å². The van der Waals surface area contributed by atoms with Crippen molar-refractivity contribution in [3.8, 4) is 11.5 Å². The lowest BCUT2D eigenvalue weighted by atomic mass is 9.95. The number of halogens is 2. The van der Waals surface area contributed by atoms with Crippen molar-refractivity contribution >= 4 is 5.91 Å². The summed E-state index contributed by atoms with van der Waals surface area (Å²) < 4.78 is 38.3. The highest BCUT2D eigenvalue weighted by atomic mass is 19.1. The third kappa shape index (κ3) is 3.95. The fraction of sp³-hybridized carbons (Fsp3) is 0.350. The number of fused-ring (bicyclic) bond motifs is 1. The maximum atomic E-state index is 13.9. The minimum atomic E-state index is -0.885. The molecule has 1 aliphatic rings. The summed E-state index contributed by atoms with van der Waals surface area (Å²) in [6, 6.07) is 8.07. The first-order valence-electron chi connectivity index (χ1n) is 8.61. The summed E-state index contributed by atoms with van der Waals surface area (Å²) in [5.74, 6) is -0.843. The summed E-state index contributed by atoms with van der Waals surface area (Å²) in [6.45, 7) is 5.07. The van der Waals surface area contributed by atoms with E-state index in [-0.39, 0.29) is 17.5 Å². The molecule has 0 aliphatic carbocycles. The SMILES string of the molecule is CC(C)[C@@H](NC(=O)c1ccc(F)cc1F)c1ccc2c(c1)OCCCO2. The second-order valence-corrected chi connectivity index (χ2v) is 6.58. The molecule has 0 saturated carbocycles. The monoisotopic (exact) mass is 361 g/mol. The van der Waals surface area contributed by atoms with E-state index in [0.717, 1.165) is 24.1 Å². The Bertz CT molecular complexity index is 808. The first-order valence-corrected chi connectivity index (χ1v) is 8.61. The second kappa shape index (κ2) is 7.72. The molecule has 2 aromatic carbocycles. The van der Waals surface area contributed by atoms with Gasteiger partial charge >= 0.3 is 0 Å². The fourth-order valence-electron chi connectivity index (χ4n) is 2.90. The van der Waals surface area contributed by atoms with Gasteiger partial charge in [0.2, 0.25) is 0 Å². The van der Waals surface area contributed by atoms with Crippen LogP contribution in [0.15, 0.2) is 36.4 Å². The van der Waals surface area contributed by atoms with Crippen LogP contribution in [0.1, 0.15) is 42.2 Å². The molecule has 3 rings (SSSR count). The largest absolute Gasteiger partial charge is 0.490 e. The molecule has 0 saturated heterocycles. The summed E-state index contributed by atoms with van der Waals surface area (Å²) in [7, 11) is 0. The van der Waals surface area contributed by atoms with Crippen LogP contribution in [-0.4, -0.2) is 19.1 Å². The van der Waals surface area contributed by atoms with Crippen molar-refractivity contribution < 1.29 is 23.0 Å². The first kappa shape index (κ1) is 18.2. The van der Waals surface area contributed by atoms with Crippen LogP contribution in [0.2, 0.25) is 0 Å². The lowest BCUT2D eigenvalue weighted by Crippen LogP contribution is -2.32. The Morgan fingerprint density at radius 3 is 2.46 bits per heavy atom. The molecule has 6 heteroatoms. The molecule has 1 heterocycles. The van der Waals surface area contributed by atoms with Crippen LogP contribution in [0.25, 0.3) is 0 Å². The number of carbonyl (C=O) groups excluding carboxylic acids is 1. The predicted octanol–water partition coefficient (Wildman–Crippen LogP) is 4.25. The van der Waals surface area contributed by atoms with Gasteiger partial charge in [-0.1, -0.05) is 19.9 Å². The Labute approximate surface area is 151 Å². The van der Waals surface area contributed by atoms with Gasteiger partial charge in [0.1, 0.15) is 11.6 Å². The highest BCUT2D eigenvalue weighted by Gasteiger charge is 2.23. The normalized spacial score (nSPS) is 14.7. The van der Waals surface area contributed by atoms with Gasteiger partial charge in [0.15, 0.2) is 11.5 Å². The Hall–Kier alpha value is -2.63. The fourth-order valence-corrected chi connectivity index (χ4v) is 2.90. The molecular weight excluding hydrogens is 340 g/mol. The van der Waals surface area contributed by atoms with E-state index in [0.29, 0.717) is 30.8 Å². The van der Waals surface area contributed by atoms with E-state index < -0.39 is 17.5 Å². The summed E-state index contributed by atoms with van der Waals surface area (Å²) in [6.07, 6.45) is 0.804. The quantitative estimate of drug-likeness (QED) is 0.885. The lowest BCUT2D eigenvalue weighted by molar-refractivity contribution is 0.0921. The zero-order chi connectivity index (χ0) is 18.7. The van der Waals surface area contributed by atoms with Crippen LogP contribution in [0.5, 0.6) is 11.5 Å². The van der Waals surface area contributed by atoms with Crippen LogP contribution in [-0.2, 0) is 0 Å². The average Bonchev–Trinajstić information content (AvgIpc) is 2.83. The molecular formula is C20H21F2NO3. The van der Waals surface area contributed by atoms with Gasteiger partial charge in [-0.3, -0.25) is 4.79 Å². The van der Waals surface area contributed by atoms with Gasteiger partial charge < -0.3 is 14.8 Å². The van der Waals surface area contributed by atoms with Gasteiger partial charge in [0.25, 0.3) is 5.91 Å². The molecule has 26 heavy (non-hydrogen) atoms. The first-order chi connectivity index (χ1) is 12.5. The van der Waals surface area contributed by atoms with E-state index in [1.807, 2.05) is 32.0 Å². The molecule has 1 atom stereocenters. The number of benzene rings is 2. The van der Waals surface area contributed by atoms with Crippen molar-refractivity contribution in [1.82, 2.24) is 5.32 Å². The van der Waals surface area contributed by atoms with E-state index in [2.05, 4.69) is 5.32 Å². The molecule has 1 aliphatic heterocycles. The number of hydrogen-bond acceptors (Lipinski definition) is 3. The van der Waals surface area contributed by atoms with E-state index in [1.54, 1.807) is 0 Å². The lowest BCUT2D eigenvalue weighted by Gasteiger charge is -2.24. The minimum absolute atomic E-state index is 0.0483. The smallest absolute Gasteiger partial charge is 0.254 e. The van der Waals surface area contributed by atoms with Crippen LogP contribution >= 0.6 is 0 Å². The summed E-state index contributed by atoms with van der Waals surface area (Å²) >= 11 is 0. The summed E-state index contributed by atoms with van der Waals surface area (Å²) in [5, 5.41) is 2.83. The van der Waals surface area contributed by atoms with E-state index in [4.69, 9.17) is 9.47 Å². The van der Waals surface area contributed by atoms with Gasteiger partial charge in [-0.25, -0.2) is 8.78 Å². The molecule has 1 N–H and O–H groups in total. The van der Waals surface area contributed by atoms with E-state index in [9.17, 15) is 13.6 Å². The topological polar surface area (TPSA) is 47.6 Å². The van der Waals surface area contributed by atoms with E-state index in [1.165, 1.54) is 0 Å². The Kier molecular flexibility index (Phi) is 5.40. The van der Waals surface area contributed by atoms with Crippen molar-refractivity contribution in [3.63, 3.8) is 0 Å².